The van der Waals surface area contributed by atoms with Crippen molar-refractivity contribution in [3.63, 3.8) is 0 Å². The Morgan fingerprint density at radius 3 is 2.71 bits per heavy atom. The van der Waals surface area contributed by atoms with Gasteiger partial charge in [0.25, 0.3) is 0 Å². The number of hydrogen-bond acceptors (Lipinski definition) is 6. The van der Waals surface area contributed by atoms with E-state index in [4.69, 9.17) is 21.3 Å². The number of nitrogens with zero attached hydrogens (tertiary/aromatic N) is 4. The normalized spacial score (nSPS) is 19.6. The van der Waals surface area contributed by atoms with Gasteiger partial charge in [-0.3, -0.25) is 19.9 Å². The molecule has 0 amide bonds. The van der Waals surface area contributed by atoms with Gasteiger partial charge in [-0.1, -0.05) is 41.9 Å². The summed E-state index contributed by atoms with van der Waals surface area (Å²) in [5.74, 6) is 0. The zero-order valence-corrected chi connectivity index (χ0v) is 16.3. The van der Waals surface area contributed by atoms with Crippen LogP contribution in [-0.4, -0.2) is 55.1 Å². The van der Waals surface area contributed by atoms with E-state index in [0.717, 1.165) is 61.2 Å². The molecular formula is C21H22ClN5O. The Morgan fingerprint density at radius 2 is 1.89 bits per heavy atom. The molecule has 1 fully saturated rings. The fourth-order valence-electron chi connectivity index (χ4n) is 3.79. The van der Waals surface area contributed by atoms with E-state index in [1.165, 1.54) is 0 Å². The number of rotatable bonds is 3. The second-order valence-electron chi connectivity index (χ2n) is 7.09. The largest absolute Gasteiger partial charge is 0.379 e. The molecule has 28 heavy (non-hydrogen) atoms. The summed E-state index contributed by atoms with van der Waals surface area (Å²) in [6, 6.07) is 16.3. The summed E-state index contributed by atoms with van der Waals surface area (Å²) in [7, 11) is 0. The lowest BCUT2D eigenvalue weighted by atomic mass is 10.0. The highest BCUT2D eigenvalue weighted by Crippen LogP contribution is 2.33. The number of anilines is 1. The van der Waals surface area contributed by atoms with Crippen molar-refractivity contribution in [1.29, 1.82) is 0 Å². The quantitative estimate of drug-likeness (QED) is 0.865. The maximum absolute atomic E-state index is 6.35. The van der Waals surface area contributed by atoms with Crippen LogP contribution in [0.2, 0.25) is 5.02 Å². The summed E-state index contributed by atoms with van der Waals surface area (Å²) in [4.78, 5) is 7.32. The number of benzene rings is 2. The first-order valence-corrected chi connectivity index (χ1v) is 9.89. The number of ether oxygens (including phenoxy) is 1. The SMILES string of the molecule is Clc1ccc2c(c1)C(c1ccccc1)=NCC1=CN(CN3CCOCC3)NN12. The maximum atomic E-state index is 6.35. The number of hydrogen-bond donors (Lipinski definition) is 1. The highest BCUT2D eigenvalue weighted by Gasteiger charge is 2.29. The molecule has 6 nitrogen and oxygen atoms in total. The number of morpholine rings is 1. The predicted molar refractivity (Wildman–Crippen MR) is 111 cm³/mol. The zero-order valence-electron chi connectivity index (χ0n) is 15.5. The monoisotopic (exact) mass is 395 g/mol. The lowest BCUT2D eigenvalue weighted by Crippen LogP contribution is -2.48. The molecule has 0 aromatic heterocycles. The minimum Gasteiger partial charge on any atom is -0.379 e. The van der Waals surface area contributed by atoms with Crippen LogP contribution in [0.4, 0.5) is 5.69 Å². The van der Waals surface area contributed by atoms with Crippen molar-refractivity contribution >= 4 is 23.0 Å². The van der Waals surface area contributed by atoms with Gasteiger partial charge in [0.15, 0.2) is 0 Å². The summed E-state index contributed by atoms with van der Waals surface area (Å²) in [6.07, 6.45) is 2.14. The van der Waals surface area contributed by atoms with Crippen molar-refractivity contribution in [3.05, 3.63) is 76.6 Å². The van der Waals surface area contributed by atoms with Crippen LogP contribution in [0.3, 0.4) is 0 Å². The van der Waals surface area contributed by atoms with Crippen LogP contribution in [0, 0.1) is 0 Å². The van der Waals surface area contributed by atoms with E-state index in [-0.39, 0.29) is 0 Å². The molecule has 3 heterocycles. The van der Waals surface area contributed by atoms with Crippen LogP contribution in [0.25, 0.3) is 0 Å². The van der Waals surface area contributed by atoms with Crippen LogP contribution < -0.4 is 10.5 Å². The molecule has 1 saturated heterocycles. The van der Waals surface area contributed by atoms with E-state index < -0.39 is 0 Å². The lowest BCUT2D eigenvalue weighted by molar-refractivity contribution is 0.0120. The van der Waals surface area contributed by atoms with E-state index in [2.05, 4.69) is 44.9 Å². The topological polar surface area (TPSA) is 43.3 Å². The third-order valence-corrected chi connectivity index (χ3v) is 5.41. The van der Waals surface area contributed by atoms with Gasteiger partial charge in [0, 0.05) is 35.4 Å². The van der Waals surface area contributed by atoms with Gasteiger partial charge >= 0.3 is 0 Å². The number of fused-ring (bicyclic) bond motifs is 3. The number of nitrogens with one attached hydrogen (secondary N) is 1. The molecular weight excluding hydrogens is 374 g/mol. The Labute approximate surface area is 169 Å². The van der Waals surface area contributed by atoms with Crippen LogP contribution >= 0.6 is 11.6 Å². The number of hydrazine groups is 2. The van der Waals surface area contributed by atoms with Crippen molar-refractivity contribution in [3.8, 4) is 0 Å². The molecule has 144 valence electrons. The molecule has 0 radical (unpaired) electrons. The average molecular weight is 396 g/mol. The average Bonchev–Trinajstić information content (AvgIpc) is 3.06. The molecule has 0 aliphatic carbocycles. The van der Waals surface area contributed by atoms with Crippen LogP contribution in [0.1, 0.15) is 11.1 Å². The molecule has 5 rings (SSSR count). The summed E-state index contributed by atoms with van der Waals surface area (Å²) >= 11 is 6.35. The maximum Gasteiger partial charge on any atom is 0.0877 e. The molecule has 2 aromatic rings. The van der Waals surface area contributed by atoms with Crippen molar-refractivity contribution in [2.24, 2.45) is 4.99 Å². The molecule has 7 heteroatoms. The van der Waals surface area contributed by atoms with Gasteiger partial charge < -0.3 is 4.74 Å². The first-order chi connectivity index (χ1) is 13.8. The van der Waals surface area contributed by atoms with Gasteiger partial charge in [0.1, 0.15) is 0 Å². The molecule has 0 atom stereocenters. The van der Waals surface area contributed by atoms with E-state index >= 15 is 0 Å². The van der Waals surface area contributed by atoms with Gasteiger partial charge in [-0.05, 0) is 18.2 Å². The fourth-order valence-corrected chi connectivity index (χ4v) is 3.96. The minimum absolute atomic E-state index is 0.600. The Balaban J connectivity index is 1.48. The smallest absolute Gasteiger partial charge is 0.0877 e. The van der Waals surface area contributed by atoms with Crippen molar-refractivity contribution < 1.29 is 4.74 Å². The molecule has 3 aliphatic heterocycles. The lowest BCUT2D eigenvalue weighted by Gasteiger charge is -2.32. The van der Waals surface area contributed by atoms with E-state index in [0.29, 0.717) is 11.6 Å². The Bertz CT molecular complexity index is 924. The van der Waals surface area contributed by atoms with Gasteiger partial charge in [0.2, 0.25) is 0 Å². The highest BCUT2D eigenvalue weighted by atomic mass is 35.5. The third kappa shape index (κ3) is 3.40. The van der Waals surface area contributed by atoms with Crippen molar-refractivity contribution in [2.75, 3.05) is 44.5 Å². The standard InChI is InChI=1S/C21H22ClN5O/c22-17-6-7-20-19(12-17)21(16-4-2-1-3-5-16)23-13-18-14-26(24-27(18)20)15-25-8-10-28-11-9-25/h1-7,12,14,24H,8-11,13,15H2. The second kappa shape index (κ2) is 7.56. The van der Waals surface area contributed by atoms with Gasteiger partial charge in [-0.2, -0.15) is 0 Å². The first-order valence-electron chi connectivity index (χ1n) is 9.51. The molecule has 3 aliphatic rings. The second-order valence-corrected chi connectivity index (χ2v) is 7.53. The van der Waals surface area contributed by atoms with Crippen LogP contribution in [0.15, 0.2) is 65.4 Å². The van der Waals surface area contributed by atoms with Crippen molar-refractivity contribution in [2.45, 2.75) is 0 Å². The molecule has 0 unspecified atom stereocenters. The van der Waals surface area contributed by atoms with Crippen LogP contribution in [0.5, 0.6) is 0 Å². The summed E-state index contributed by atoms with van der Waals surface area (Å²) in [6.45, 7) is 4.89. The number of aliphatic imine (C=N–C) groups is 1. The first kappa shape index (κ1) is 17.7. The minimum atomic E-state index is 0.600. The Kier molecular flexibility index (Phi) is 4.78. The molecule has 0 bridgehead atoms. The molecule has 0 spiro atoms. The fraction of sp³-hybridized carbons (Fsp3) is 0.286. The van der Waals surface area contributed by atoms with Gasteiger partial charge in [0.05, 0.1) is 43.5 Å². The van der Waals surface area contributed by atoms with Gasteiger partial charge in [-0.25, -0.2) is 0 Å². The van der Waals surface area contributed by atoms with Crippen molar-refractivity contribution in [1.82, 2.24) is 15.4 Å². The molecule has 1 N–H and O–H groups in total. The molecule has 2 aromatic carbocycles. The summed E-state index contributed by atoms with van der Waals surface area (Å²) in [5, 5.41) is 4.94. The third-order valence-electron chi connectivity index (χ3n) is 5.18. The Hall–Kier alpha value is -2.38. The summed E-state index contributed by atoms with van der Waals surface area (Å²) < 4.78 is 5.45. The van der Waals surface area contributed by atoms with Gasteiger partial charge in [-0.15, -0.1) is 5.53 Å². The molecule has 0 saturated carbocycles. The van der Waals surface area contributed by atoms with Crippen LogP contribution in [-0.2, 0) is 4.74 Å². The van der Waals surface area contributed by atoms with E-state index in [1.54, 1.807) is 0 Å². The predicted octanol–water partition coefficient (Wildman–Crippen LogP) is 2.86. The summed E-state index contributed by atoms with van der Waals surface area (Å²) in [5.41, 5.74) is 8.77. The zero-order chi connectivity index (χ0) is 18.9. The van der Waals surface area contributed by atoms with E-state index in [1.807, 2.05) is 30.3 Å². The van der Waals surface area contributed by atoms with E-state index in [9.17, 15) is 0 Å². The highest BCUT2D eigenvalue weighted by molar-refractivity contribution is 6.31. The number of halogens is 1. The Morgan fingerprint density at radius 1 is 1.07 bits per heavy atom.